The van der Waals surface area contributed by atoms with Crippen LogP contribution in [0, 0.1) is 0 Å². The van der Waals surface area contributed by atoms with E-state index in [2.05, 4.69) is 41.5 Å². The third-order valence-corrected chi connectivity index (χ3v) is 3.18. The summed E-state index contributed by atoms with van der Waals surface area (Å²) in [4.78, 5) is 11.7. The van der Waals surface area contributed by atoms with Gasteiger partial charge in [-0.25, -0.2) is 0 Å². The van der Waals surface area contributed by atoms with Gasteiger partial charge in [-0.05, 0) is 11.1 Å². The molecule has 2 aromatic carbocycles. The second-order valence-corrected chi connectivity index (χ2v) is 4.73. The number of amides is 1. The Kier molecular flexibility index (Phi) is 5.73. The van der Waals surface area contributed by atoms with Gasteiger partial charge in [0.2, 0.25) is 5.91 Å². The van der Waals surface area contributed by atoms with Gasteiger partial charge in [-0.15, -0.1) is 6.58 Å². The quantitative estimate of drug-likeness (QED) is 0.766. The van der Waals surface area contributed by atoms with E-state index >= 15 is 0 Å². The fourth-order valence-corrected chi connectivity index (χ4v) is 2.16. The van der Waals surface area contributed by atoms with Crippen LogP contribution >= 0.6 is 0 Å². The molecular weight excluding hydrogens is 260 g/mol. The zero-order chi connectivity index (χ0) is 14.9. The zero-order valence-corrected chi connectivity index (χ0v) is 12.0. The molecule has 3 heteroatoms. The summed E-state index contributed by atoms with van der Waals surface area (Å²) in [6, 6.07) is 20.2. The maximum Gasteiger partial charge on any atom is 0.234 e. The molecule has 0 aliphatic carbocycles. The van der Waals surface area contributed by atoms with Crippen molar-refractivity contribution < 1.29 is 4.79 Å². The average molecular weight is 280 g/mol. The Morgan fingerprint density at radius 1 is 1.00 bits per heavy atom. The normalized spacial score (nSPS) is 10.3. The first-order valence-corrected chi connectivity index (χ1v) is 7.02. The molecule has 0 spiro atoms. The summed E-state index contributed by atoms with van der Waals surface area (Å²) in [6.45, 7) is 4.34. The van der Waals surface area contributed by atoms with Crippen LogP contribution in [0.1, 0.15) is 17.2 Å². The monoisotopic (exact) mass is 280 g/mol. The highest BCUT2D eigenvalue weighted by atomic mass is 16.1. The lowest BCUT2D eigenvalue weighted by Gasteiger charge is -2.19. The predicted molar refractivity (Wildman–Crippen MR) is 85.9 cm³/mol. The van der Waals surface area contributed by atoms with Gasteiger partial charge in [-0.1, -0.05) is 66.7 Å². The topological polar surface area (TPSA) is 41.1 Å². The molecule has 3 nitrogen and oxygen atoms in total. The van der Waals surface area contributed by atoms with Crippen molar-refractivity contribution in [2.45, 2.75) is 6.04 Å². The van der Waals surface area contributed by atoms with Crippen LogP contribution in [0.25, 0.3) is 0 Å². The summed E-state index contributed by atoms with van der Waals surface area (Å²) in [5.41, 5.74) is 2.28. The summed E-state index contributed by atoms with van der Waals surface area (Å²) < 4.78 is 0. The van der Waals surface area contributed by atoms with Gasteiger partial charge in [0.25, 0.3) is 0 Å². The first-order valence-electron chi connectivity index (χ1n) is 7.02. The Labute approximate surface area is 125 Å². The molecule has 1 amide bonds. The number of benzene rings is 2. The van der Waals surface area contributed by atoms with Crippen LogP contribution in [0.15, 0.2) is 73.3 Å². The standard InChI is InChI=1S/C18H20N2O/c1-2-13-19-17(21)14-20-18(15-9-5-3-6-10-15)16-11-7-4-8-12-16/h2-12,18,20H,1,13-14H2,(H,19,21). The lowest BCUT2D eigenvalue weighted by molar-refractivity contribution is -0.120. The second-order valence-electron chi connectivity index (χ2n) is 4.73. The van der Waals surface area contributed by atoms with E-state index in [9.17, 15) is 4.79 Å². The van der Waals surface area contributed by atoms with Crippen molar-refractivity contribution in [2.24, 2.45) is 0 Å². The summed E-state index contributed by atoms with van der Waals surface area (Å²) in [5.74, 6) is -0.0354. The summed E-state index contributed by atoms with van der Waals surface area (Å²) in [7, 11) is 0. The fourth-order valence-electron chi connectivity index (χ4n) is 2.16. The highest BCUT2D eigenvalue weighted by Gasteiger charge is 2.14. The molecule has 0 atom stereocenters. The van der Waals surface area contributed by atoms with Crippen molar-refractivity contribution in [1.29, 1.82) is 0 Å². The van der Waals surface area contributed by atoms with Crippen LogP contribution < -0.4 is 10.6 Å². The van der Waals surface area contributed by atoms with Gasteiger partial charge < -0.3 is 5.32 Å². The average Bonchev–Trinajstić information content (AvgIpc) is 2.55. The highest BCUT2D eigenvalue weighted by Crippen LogP contribution is 2.21. The molecule has 0 saturated carbocycles. The van der Waals surface area contributed by atoms with Gasteiger partial charge in [0.15, 0.2) is 0 Å². The van der Waals surface area contributed by atoms with Gasteiger partial charge in [-0.2, -0.15) is 0 Å². The van der Waals surface area contributed by atoms with Crippen molar-refractivity contribution in [3.8, 4) is 0 Å². The van der Waals surface area contributed by atoms with Crippen LogP contribution in [-0.2, 0) is 4.79 Å². The minimum atomic E-state index is -0.0354. The Morgan fingerprint density at radius 3 is 2.00 bits per heavy atom. The molecule has 21 heavy (non-hydrogen) atoms. The Balaban J connectivity index is 2.10. The van der Waals surface area contributed by atoms with E-state index in [1.54, 1.807) is 6.08 Å². The SMILES string of the molecule is C=CCNC(=O)CNC(c1ccccc1)c1ccccc1. The molecule has 2 rings (SSSR count). The van der Waals surface area contributed by atoms with Gasteiger partial charge in [0.05, 0.1) is 12.6 Å². The van der Waals surface area contributed by atoms with Gasteiger partial charge in [0, 0.05) is 6.54 Å². The van der Waals surface area contributed by atoms with Crippen LogP contribution in [0.3, 0.4) is 0 Å². The predicted octanol–water partition coefficient (Wildman–Crippen LogP) is 2.67. The van der Waals surface area contributed by atoms with Gasteiger partial charge in [-0.3, -0.25) is 10.1 Å². The second kappa shape index (κ2) is 8.02. The van der Waals surface area contributed by atoms with Crippen LogP contribution in [0.2, 0.25) is 0 Å². The van der Waals surface area contributed by atoms with E-state index in [1.807, 2.05) is 36.4 Å². The van der Waals surface area contributed by atoms with E-state index < -0.39 is 0 Å². The van der Waals surface area contributed by atoms with Crippen LogP contribution in [0.5, 0.6) is 0 Å². The first-order chi connectivity index (χ1) is 10.3. The first kappa shape index (κ1) is 15.0. The van der Waals surface area contributed by atoms with Crippen molar-refractivity contribution in [3.63, 3.8) is 0 Å². The minimum absolute atomic E-state index is 0.00174. The van der Waals surface area contributed by atoms with Crippen LogP contribution in [0.4, 0.5) is 0 Å². The number of carbonyl (C=O) groups is 1. The van der Waals surface area contributed by atoms with E-state index in [0.717, 1.165) is 11.1 Å². The minimum Gasteiger partial charge on any atom is -0.352 e. The molecule has 0 unspecified atom stereocenters. The third-order valence-electron chi connectivity index (χ3n) is 3.18. The maximum absolute atomic E-state index is 11.7. The highest BCUT2D eigenvalue weighted by molar-refractivity contribution is 5.78. The number of hydrogen-bond donors (Lipinski definition) is 2. The maximum atomic E-state index is 11.7. The van der Waals surface area contributed by atoms with Gasteiger partial charge in [0.1, 0.15) is 0 Å². The van der Waals surface area contributed by atoms with E-state index in [0.29, 0.717) is 6.54 Å². The molecule has 0 saturated heterocycles. The van der Waals surface area contributed by atoms with E-state index in [1.165, 1.54) is 0 Å². The molecule has 0 radical (unpaired) electrons. The third kappa shape index (κ3) is 4.58. The number of hydrogen-bond acceptors (Lipinski definition) is 2. The van der Waals surface area contributed by atoms with Crippen molar-refractivity contribution >= 4 is 5.91 Å². The molecule has 0 aliphatic heterocycles. The Bertz CT molecular complexity index is 527. The van der Waals surface area contributed by atoms with E-state index in [4.69, 9.17) is 0 Å². The Hall–Kier alpha value is -2.39. The molecule has 0 aliphatic rings. The summed E-state index contributed by atoms with van der Waals surface area (Å²) in [6.07, 6.45) is 1.67. The molecule has 0 heterocycles. The molecule has 2 aromatic rings. The van der Waals surface area contributed by atoms with E-state index in [-0.39, 0.29) is 18.5 Å². The fraction of sp³-hybridized carbons (Fsp3) is 0.167. The number of nitrogens with one attached hydrogen (secondary N) is 2. The molecule has 2 N–H and O–H groups in total. The molecule has 0 aromatic heterocycles. The summed E-state index contributed by atoms with van der Waals surface area (Å²) >= 11 is 0. The molecule has 108 valence electrons. The lowest BCUT2D eigenvalue weighted by atomic mass is 9.99. The molecule has 0 fully saturated rings. The zero-order valence-electron chi connectivity index (χ0n) is 12.0. The number of rotatable bonds is 7. The largest absolute Gasteiger partial charge is 0.352 e. The van der Waals surface area contributed by atoms with Crippen molar-refractivity contribution in [2.75, 3.05) is 13.1 Å². The smallest absolute Gasteiger partial charge is 0.234 e. The Morgan fingerprint density at radius 2 is 1.52 bits per heavy atom. The number of carbonyl (C=O) groups excluding carboxylic acids is 1. The molecule has 0 bridgehead atoms. The van der Waals surface area contributed by atoms with Crippen LogP contribution in [-0.4, -0.2) is 19.0 Å². The molecular formula is C18H20N2O. The summed E-state index contributed by atoms with van der Waals surface area (Å²) in [5, 5.41) is 6.09. The van der Waals surface area contributed by atoms with Crippen molar-refractivity contribution in [3.05, 3.63) is 84.4 Å². The van der Waals surface area contributed by atoms with Crippen molar-refractivity contribution in [1.82, 2.24) is 10.6 Å². The van der Waals surface area contributed by atoms with Gasteiger partial charge >= 0.3 is 0 Å². The lowest BCUT2D eigenvalue weighted by Crippen LogP contribution is -2.36.